The first-order valence-corrected chi connectivity index (χ1v) is 7.25. The number of nitro groups is 1. The molecule has 1 atom stereocenters. The Morgan fingerprint density at radius 2 is 2.05 bits per heavy atom. The number of methoxy groups -OCH3 is 1. The van der Waals surface area contributed by atoms with E-state index in [9.17, 15) is 10.1 Å². The van der Waals surface area contributed by atoms with Gasteiger partial charge in [0.05, 0.1) is 10.5 Å². The van der Waals surface area contributed by atoms with Crippen molar-refractivity contribution in [3.8, 4) is 0 Å². The molecule has 0 heterocycles. The summed E-state index contributed by atoms with van der Waals surface area (Å²) >= 11 is 0. The molecule has 0 N–H and O–H groups in total. The van der Waals surface area contributed by atoms with Gasteiger partial charge in [-0.3, -0.25) is 10.1 Å². The number of nitrogens with zero attached hydrogens (tertiary/aromatic N) is 1. The first-order valence-electron chi connectivity index (χ1n) is 7.25. The van der Waals surface area contributed by atoms with Gasteiger partial charge < -0.3 is 4.74 Å². The number of benzene rings is 1. The maximum absolute atomic E-state index is 10.7. The fourth-order valence-electron chi connectivity index (χ4n) is 2.61. The van der Waals surface area contributed by atoms with E-state index in [2.05, 4.69) is 25.2 Å². The molecule has 0 saturated heterocycles. The third-order valence-corrected chi connectivity index (χ3v) is 3.91. The third-order valence-electron chi connectivity index (χ3n) is 3.91. The van der Waals surface area contributed by atoms with Gasteiger partial charge in [-0.15, -0.1) is 0 Å². The Balaban J connectivity index is 2.10. The van der Waals surface area contributed by atoms with E-state index in [-0.39, 0.29) is 16.2 Å². The predicted molar refractivity (Wildman–Crippen MR) is 83.3 cm³/mol. The van der Waals surface area contributed by atoms with E-state index in [1.165, 1.54) is 5.57 Å². The summed E-state index contributed by atoms with van der Waals surface area (Å²) in [7, 11) is 1.72. The lowest BCUT2D eigenvalue weighted by molar-refractivity contribution is -0.384. The Labute approximate surface area is 125 Å². The zero-order valence-corrected chi connectivity index (χ0v) is 12.5. The highest BCUT2D eigenvalue weighted by Crippen LogP contribution is 2.30. The zero-order valence-electron chi connectivity index (χ0n) is 12.5. The minimum atomic E-state index is -0.379. The largest absolute Gasteiger partial charge is 0.373 e. The molecule has 2 rings (SSSR count). The molecule has 21 heavy (non-hydrogen) atoms. The predicted octanol–water partition coefficient (Wildman–Crippen LogP) is 4.21. The van der Waals surface area contributed by atoms with Crippen molar-refractivity contribution in [3.05, 3.63) is 63.7 Å². The summed E-state index contributed by atoms with van der Waals surface area (Å²) in [5.74, 6) is 0. The molecule has 1 aromatic carbocycles. The summed E-state index contributed by atoms with van der Waals surface area (Å²) in [6, 6.07) is 6.70. The van der Waals surface area contributed by atoms with Crippen LogP contribution in [0.4, 0.5) is 5.69 Å². The number of rotatable bonds is 6. The van der Waals surface area contributed by atoms with Gasteiger partial charge in [0, 0.05) is 25.7 Å². The molecule has 1 unspecified atom stereocenters. The number of hydrogen-bond acceptors (Lipinski definition) is 3. The average Bonchev–Trinajstić information content (AvgIpc) is 2.50. The van der Waals surface area contributed by atoms with Crippen LogP contribution in [0.2, 0.25) is 0 Å². The summed E-state index contributed by atoms with van der Waals surface area (Å²) in [6.07, 6.45) is 10.3. The summed E-state index contributed by atoms with van der Waals surface area (Å²) < 4.78 is 5.72. The number of hydrogen-bond donors (Lipinski definition) is 0. The van der Waals surface area contributed by atoms with Gasteiger partial charge in [0.1, 0.15) is 0 Å². The fourth-order valence-corrected chi connectivity index (χ4v) is 2.61. The molecule has 0 spiro atoms. The molecular weight excluding hydrogens is 266 g/mol. The lowest BCUT2D eigenvalue weighted by Crippen LogP contribution is -2.32. The normalized spacial score (nSPS) is 21.1. The van der Waals surface area contributed by atoms with Gasteiger partial charge in [-0.25, -0.2) is 0 Å². The van der Waals surface area contributed by atoms with Crippen LogP contribution in [0.5, 0.6) is 0 Å². The molecule has 4 nitrogen and oxygen atoms in total. The van der Waals surface area contributed by atoms with E-state index in [0.29, 0.717) is 6.42 Å². The topological polar surface area (TPSA) is 52.4 Å². The first-order chi connectivity index (χ1) is 10.1. The smallest absolute Gasteiger partial charge is 0.269 e. The molecule has 4 heteroatoms. The van der Waals surface area contributed by atoms with Crippen molar-refractivity contribution in [2.24, 2.45) is 0 Å². The molecular formula is C17H21NO3. The molecule has 1 aromatic rings. The SMILES string of the molecule is CCCC1=CCC(Cc2ccc([N+](=O)[O-])cc2)(OC)C=C1. The molecule has 0 radical (unpaired) electrons. The van der Waals surface area contributed by atoms with Gasteiger partial charge in [0.2, 0.25) is 0 Å². The maximum Gasteiger partial charge on any atom is 0.269 e. The highest BCUT2D eigenvalue weighted by atomic mass is 16.6. The molecule has 0 saturated carbocycles. The van der Waals surface area contributed by atoms with Crippen molar-refractivity contribution in [3.63, 3.8) is 0 Å². The maximum atomic E-state index is 10.7. The van der Waals surface area contributed by atoms with Crippen molar-refractivity contribution in [2.45, 2.75) is 38.2 Å². The second-order valence-electron chi connectivity index (χ2n) is 5.44. The van der Waals surface area contributed by atoms with Crippen molar-refractivity contribution in [2.75, 3.05) is 7.11 Å². The highest BCUT2D eigenvalue weighted by molar-refractivity contribution is 5.35. The Kier molecular flexibility index (Phi) is 4.91. The number of non-ortho nitro benzene ring substituents is 1. The molecule has 0 fully saturated rings. The van der Waals surface area contributed by atoms with E-state index in [1.54, 1.807) is 31.4 Å². The van der Waals surface area contributed by atoms with Gasteiger partial charge in [-0.1, -0.05) is 49.3 Å². The number of ether oxygens (including phenoxy) is 1. The van der Waals surface area contributed by atoms with Gasteiger partial charge in [0.25, 0.3) is 5.69 Å². The van der Waals surface area contributed by atoms with Crippen LogP contribution in [-0.2, 0) is 11.2 Å². The fraction of sp³-hybridized carbons (Fsp3) is 0.412. The molecule has 112 valence electrons. The first kappa shape index (κ1) is 15.4. The van der Waals surface area contributed by atoms with Crippen LogP contribution in [0.15, 0.2) is 48.1 Å². The molecule has 1 aliphatic rings. The molecule has 0 bridgehead atoms. The van der Waals surface area contributed by atoms with Gasteiger partial charge in [0.15, 0.2) is 0 Å². The van der Waals surface area contributed by atoms with Crippen LogP contribution >= 0.6 is 0 Å². The minimum absolute atomic E-state index is 0.120. The lowest BCUT2D eigenvalue weighted by Gasteiger charge is -2.31. The summed E-state index contributed by atoms with van der Waals surface area (Å²) in [5, 5.41) is 10.7. The number of nitro benzene ring substituents is 1. The van der Waals surface area contributed by atoms with Crippen LogP contribution in [0.3, 0.4) is 0 Å². The minimum Gasteiger partial charge on any atom is -0.373 e. The molecule has 0 aliphatic heterocycles. The Morgan fingerprint density at radius 1 is 1.33 bits per heavy atom. The second kappa shape index (κ2) is 6.68. The molecule has 0 aromatic heterocycles. The number of allylic oxidation sites excluding steroid dienone is 2. The van der Waals surface area contributed by atoms with Gasteiger partial charge in [-0.05, 0) is 18.4 Å². The van der Waals surface area contributed by atoms with Gasteiger partial charge >= 0.3 is 0 Å². The van der Waals surface area contributed by atoms with Crippen LogP contribution in [0.1, 0.15) is 31.7 Å². The Morgan fingerprint density at radius 3 is 2.52 bits per heavy atom. The van der Waals surface area contributed by atoms with E-state index in [0.717, 1.165) is 24.8 Å². The quantitative estimate of drug-likeness (QED) is 0.581. The van der Waals surface area contributed by atoms with E-state index in [4.69, 9.17) is 4.74 Å². The van der Waals surface area contributed by atoms with E-state index in [1.807, 2.05) is 0 Å². The standard InChI is InChI=1S/C17H21NO3/c1-3-4-14-9-11-17(21-2,12-10-14)13-15-5-7-16(8-6-15)18(19)20/h5-11H,3-4,12-13H2,1-2H3. The van der Waals surface area contributed by atoms with Crippen LogP contribution in [0, 0.1) is 10.1 Å². The molecule has 0 amide bonds. The van der Waals surface area contributed by atoms with E-state index >= 15 is 0 Å². The van der Waals surface area contributed by atoms with Crippen molar-refractivity contribution >= 4 is 5.69 Å². The Hall–Kier alpha value is -1.94. The second-order valence-corrected chi connectivity index (χ2v) is 5.44. The third kappa shape index (κ3) is 3.79. The van der Waals surface area contributed by atoms with Gasteiger partial charge in [-0.2, -0.15) is 0 Å². The summed E-state index contributed by atoms with van der Waals surface area (Å²) in [4.78, 5) is 10.3. The van der Waals surface area contributed by atoms with Crippen LogP contribution in [-0.4, -0.2) is 17.6 Å². The average molecular weight is 287 g/mol. The summed E-state index contributed by atoms with van der Waals surface area (Å²) in [6.45, 7) is 2.17. The summed E-state index contributed by atoms with van der Waals surface area (Å²) in [5.41, 5.74) is 2.18. The van der Waals surface area contributed by atoms with E-state index < -0.39 is 0 Å². The van der Waals surface area contributed by atoms with Crippen molar-refractivity contribution in [1.82, 2.24) is 0 Å². The Bertz CT molecular complexity index is 560. The van der Waals surface area contributed by atoms with Crippen LogP contribution in [0.25, 0.3) is 0 Å². The van der Waals surface area contributed by atoms with Crippen molar-refractivity contribution in [1.29, 1.82) is 0 Å². The zero-order chi connectivity index (χ0) is 15.3. The monoisotopic (exact) mass is 287 g/mol. The van der Waals surface area contributed by atoms with Crippen LogP contribution < -0.4 is 0 Å². The van der Waals surface area contributed by atoms with Crippen molar-refractivity contribution < 1.29 is 9.66 Å². The lowest BCUT2D eigenvalue weighted by atomic mass is 9.85. The highest BCUT2D eigenvalue weighted by Gasteiger charge is 2.28. The molecule has 1 aliphatic carbocycles.